The number of benzene rings is 1. The molecular formula is C21H23ClN6O. The number of hydrogen-bond donors (Lipinski definition) is 1. The van der Waals surface area contributed by atoms with Crippen molar-refractivity contribution in [1.82, 2.24) is 25.1 Å². The Bertz CT molecular complexity index is 976. The van der Waals surface area contributed by atoms with Crippen molar-refractivity contribution in [2.75, 3.05) is 31.1 Å². The van der Waals surface area contributed by atoms with Crippen molar-refractivity contribution in [1.29, 1.82) is 0 Å². The molecule has 1 fully saturated rings. The van der Waals surface area contributed by atoms with Gasteiger partial charge in [-0.05, 0) is 31.2 Å². The number of rotatable bonds is 6. The Kier molecular flexibility index (Phi) is 5.87. The fraction of sp³-hybridized carbons (Fsp3) is 0.333. The Balaban J connectivity index is 1.35. The highest BCUT2D eigenvalue weighted by atomic mass is 35.5. The van der Waals surface area contributed by atoms with Gasteiger partial charge in [-0.3, -0.25) is 14.8 Å². The molecule has 150 valence electrons. The monoisotopic (exact) mass is 410 g/mol. The van der Waals surface area contributed by atoms with Crippen LogP contribution in [0.2, 0.25) is 5.02 Å². The van der Waals surface area contributed by atoms with Crippen molar-refractivity contribution in [3.05, 3.63) is 59.5 Å². The first-order valence-electron chi connectivity index (χ1n) is 9.70. The predicted molar refractivity (Wildman–Crippen MR) is 113 cm³/mol. The number of anilines is 1. The minimum absolute atomic E-state index is 0.0473. The van der Waals surface area contributed by atoms with Gasteiger partial charge in [-0.1, -0.05) is 17.7 Å². The molecule has 0 bridgehead atoms. The van der Waals surface area contributed by atoms with E-state index in [1.54, 1.807) is 24.7 Å². The van der Waals surface area contributed by atoms with Crippen LogP contribution < -0.4 is 4.90 Å². The number of piperazine rings is 1. The lowest BCUT2D eigenvalue weighted by Gasteiger charge is -2.41. The van der Waals surface area contributed by atoms with Crippen LogP contribution in [-0.4, -0.2) is 63.1 Å². The van der Waals surface area contributed by atoms with Gasteiger partial charge in [-0.15, -0.1) is 0 Å². The third-order valence-corrected chi connectivity index (χ3v) is 5.47. The van der Waals surface area contributed by atoms with E-state index in [0.717, 1.165) is 30.3 Å². The lowest BCUT2D eigenvalue weighted by molar-refractivity contribution is 0.0959. The predicted octanol–water partition coefficient (Wildman–Crippen LogP) is 3.30. The summed E-state index contributed by atoms with van der Waals surface area (Å²) in [5.41, 5.74) is 2.27. The van der Waals surface area contributed by atoms with Gasteiger partial charge in [0.1, 0.15) is 5.69 Å². The number of ketones is 1. The van der Waals surface area contributed by atoms with Gasteiger partial charge in [0, 0.05) is 61.7 Å². The summed E-state index contributed by atoms with van der Waals surface area (Å²) in [6.45, 7) is 5.64. The largest absolute Gasteiger partial charge is 0.366 e. The molecule has 2 aromatic heterocycles. The van der Waals surface area contributed by atoms with E-state index in [1.165, 1.54) is 0 Å². The van der Waals surface area contributed by atoms with Crippen LogP contribution in [0.3, 0.4) is 0 Å². The van der Waals surface area contributed by atoms with E-state index < -0.39 is 0 Å². The van der Waals surface area contributed by atoms with Gasteiger partial charge in [0.05, 0.1) is 11.8 Å². The lowest BCUT2D eigenvalue weighted by Crippen LogP contribution is -2.52. The minimum atomic E-state index is 0.0473. The molecule has 1 aliphatic heterocycles. The highest BCUT2D eigenvalue weighted by Gasteiger charge is 2.25. The second kappa shape index (κ2) is 8.71. The molecule has 1 atom stereocenters. The molecule has 4 rings (SSSR count). The molecule has 1 aliphatic rings. The Morgan fingerprint density at radius 2 is 2.07 bits per heavy atom. The maximum atomic E-state index is 12.8. The van der Waals surface area contributed by atoms with Gasteiger partial charge < -0.3 is 4.90 Å². The third-order valence-electron chi connectivity index (χ3n) is 5.24. The van der Waals surface area contributed by atoms with Gasteiger partial charge in [0.15, 0.2) is 11.6 Å². The summed E-state index contributed by atoms with van der Waals surface area (Å²) < 4.78 is 0. The van der Waals surface area contributed by atoms with E-state index in [2.05, 4.69) is 43.0 Å². The van der Waals surface area contributed by atoms with Crippen molar-refractivity contribution in [2.45, 2.75) is 19.4 Å². The van der Waals surface area contributed by atoms with Crippen LogP contribution in [0, 0.1) is 0 Å². The summed E-state index contributed by atoms with van der Waals surface area (Å²) in [7, 11) is 0. The molecule has 0 spiro atoms. The Labute approximate surface area is 174 Å². The summed E-state index contributed by atoms with van der Waals surface area (Å²) in [5.74, 6) is 0.531. The highest BCUT2D eigenvalue weighted by molar-refractivity contribution is 6.30. The number of carbonyl (C=O) groups is 1. The quantitative estimate of drug-likeness (QED) is 0.628. The second-order valence-electron chi connectivity index (χ2n) is 7.23. The number of hydrogen-bond acceptors (Lipinski definition) is 6. The average Bonchev–Trinajstić information content (AvgIpc) is 3.23. The first-order chi connectivity index (χ1) is 14.1. The highest BCUT2D eigenvalue weighted by Crippen LogP contribution is 2.24. The number of halogens is 1. The maximum Gasteiger partial charge on any atom is 0.178 e. The van der Waals surface area contributed by atoms with Crippen LogP contribution in [0.15, 0.2) is 48.9 Å². The Morgan fingerprint density at radius 3 is 2.83 bits per heavy atom. The normalized spacial score (nSPS) is 17.4. The molecule has 1 unspecified atom stereocenters. The summed E-state index contributed by atoms with van der Waals surface area (Å²) in [4.78, 5) is 25.9. The van der Waals surface area contributed by atoms with Crippen molar-refractivity contribution in [2.24, 2.45) is 0 Å². The number of aromatic amines is 1. The van der Waals surface area contributed by atoms with Gasteiger partial charge >= 0.3 is 0 Å². The molecule has 29 heavy (non-hydrogen) atoms. The first-order valence-corrected chi connectivity index (χ1v) is 10.1. The van der Waals surface area contributed by atoms with Crippen molar-refractivity contribution in [3.8, 4) is 11.5 Å². The molecule has 3 aromatic rings. The molecule has 1 aromatic carbocycles. The molecule has 7 nitrogen and oxygen atoms in total. The molecule has 1 saturated heterocycles. The number of nitrogens with zero attached hydrogens (tertiary/aromatic N) is 5. The van der Waals surface area contributed by atoms with Gasteiger partial charge in [0.2, 0.25) is 0 Å². The van der Waals surface area contributed by atoms with Crippen LogP contribution >= 0.6 is 11.6 Å². The number of aromatic nitrogens is 4. The van der Waals surface area contributed by atoms with E-state index in [4.69, 9.17) is 11.6 Å². The van der Waals surface area contributed by atoms with E-state index in [9.17, 15) is 4.79 Å². The fourth-order valence-electron chi connectivity index (χ4n) is 3.77. The number of carbonyl (C=O) groups excluding carboxylic acids is 1. The summed E-state index contributed by atoms with van der Waals surface area (Å²) in [6, 6.07) is 10.1. The standard InChI is InChI=1S/C21H23ClN6O/c1-15-14-27(10-11-28(15)17-5-2-4-16(22)12-17)9-6-19(29)18-13-25-26-20(18)21-23-7-3-8-24-21/h2-5,7-8,12-13,15H,6,9-11,14H2,1H3,(H,25,26). The minimum Gasteiger partial charge on any atom is -0.366 e. The summed E-state index contributed by atoms with van der Waals surface area (Å²) >= 11 is 6.14. The third kappa shape index (κ3) is 4.46. The van der Waals surface area contributed by atoms with Crippen LogP contribution in [-0.2, 0) is 0 Å². The molecule has 0 radical (unpaired) electrons. The van der Waals surface area contributed by atoms with Crippen LogP contribution in [0.25, 0.3) is 11.5 Å². The topological polar surface area (TPSA) is 78.0 Å². The van der Waals surface area contributed by atoms with Crippen molar-refractivity contribution in [3.63, 3.8) is 0 Å². The summed E-state index contributed by atoms with van der Waals surface area (Å²) in [6.07, 6.45) is 5.30. The summed E-state index contributed by atoms with van der Waals surface area (Å²) in [5, 5.41) is 7.62. The van der Waals surface area contributed by atoms with E-state index in [0.29, 0.717) is 36.1 Å². The molecule has 0 amide bonds. The van der Waals surface area contributed by atoms with Crippen LogP contribution in [0.1, 0.15) is 23.7 Å². The molecule has 8 heteroatoms. The molecule has 3 heterocycles. The number of nitrogens with one attached hydrogen (secondary N) is 1. The average molecular weight is 411 g/mol. The lowest BCUT2D eigenvalue weighted by atomic mass is 10.1. The Hall–Kier alpha value is -2.77. The zero-order valence-corrected chi connectivity index (χ0v) is 17.0. The van der Waals surface area contributed by atoms with E-state index in [1.807, 2.05) is 18.2 Å². The number of H-pyrrole nitrogens is 1. The van der Waals surface area contributed by atoms with Gasteiger partial charge in [0.25, 0.3) is 0 Å². The first kappa shape index (κ1) is 19.5. The van der Waals surface area contributed by atoms with Crippen molar-refractivity contribution >= 4 is 23.1 Å². The van der Waals surface area contributed by atoms with Crippen LogP contribution in [0.5, 0.6) is 0 Å². The van der Waals surface area contributed by atoms with E-state index in [-0.39, 0.29) is 5.78 Å². The smallest absolute Gasteiger partial charge is 0.178 e. The molecular weight excluding hydrogens is 388 g/mol. The van der Waals surface area contributed by atoms with Crippen LogP contribution in [0.4, 0.5) is 5.69 Å². The van der Waals surface area contributed by atoms with E-state index >= 15 is 0 Å². The molecule has 0 aliphatic carbocycles. The SMILES string of the molecule is CC1CN(CCC(=O)c2cn[nH]c2-c2ncccn2)CCN1c1cccc(Cl)c1. The van der Waals surface area contributed by atoms with Gasteiger partial charge in [-0.2, -0.15) is 5.10 Å². The zero-order chi connectivity index (χ0) is 20.2. The zero-order valence-electron chi connectivity index (χ0n) is 16.3. The maximum absolute atomic E-state index is 12.8. The van der Waals surface area contributed by atoms with Gasteiger partial charge in [-0.25, -0.2) is 9.97 Å². The van der Waals surface area contributed by atoms with Crippen molar-refractivity contribution < 1.29 is 4.79 Å². The second-order valence-corrected chi connectivity index (χ2v) is 7.66. The fourth-order valence-corrected chi connectivity index (χ4v) is 3.95. The number of Topliss-reactive ketones (excluding diaryl/α,β-unsaturated/α-hetero) is 1. The Morgan fingerprint density at radius 1 is 1.24 bits per heavy atom. The molecule has 1 N–H and O–H groups in total. The molecule has 0 saturated carbocycles.